The molecule has 5 rings (SSSR count). The molecule has 0 bridgehead atoms. The third-order valence-electron chi connectivity index (χ3n) is 6.99. The van der Waals surface area contributed by atoms with Crippen LogP contribution in [0.2, 0.25) is 0 Å². The topological polar surface area (TPSA) is 21.7 Å². The number of likely N-dealkylation sites (tertiary alicyclic amines) is 1. The number of aryl methyl sites for hydroxylation is 1. The lowest BCUT2D eigenvalue weighted by Crippen LogP contribution is -2.35. The van der Waals surface area contributed by atoms with Crippen molar-refractivity contribution in [1.29, 1.82) is 0 Å². The first kappa shape index (κ1) is 21.2. The quantitative estimate of drug-likeness (QED) is 0.415. The van der Waals surface area contributed by atoms with E-state index in [1.54, 1.807) is 7.11 Å². The smallest absolute Gasteiger partial charge is 0.212 e. The Balaban J connectivity index is 1.48. The summed E-state index contributed by atoms with van der Waals surface area (Å²) in [5.74, 6) is 1.34. The molecule has 1 fully saturated rings. The van der Waals surface area contributed by atoms with Crippen LogP contribution in [-0.4, -0.2) is 37.9 Å². The molecule has 3 heteroatoms. The van der Waals surface area contributed by atoms with Crippen molar-refractivity contribution in [1.82, 2.24) is 4.90 Å². The van der Waals surface area contributed by atoms with Crippen molar-refractivity contribution < 1.29 is 9.47 Å². The van der Waals surface area contributed by atoms with E-state index in [0.29, 0.717) is 5.92 Å². The molecular formula is C29H33NO2. The maximum absolute atomic E-state index is 6.46. The number of hydrogen-bond donors (Lipinski definition) is 0. The average molecular weight is 428 g/mol. The SMILES string of the molecule is COC(CN1CCCC1)Oc1ccc(C2CCCc3ccccc32)cc1-c1ccccc1. The Labute approximate surface area is 192 Å². The summed E-state index contributed by atoms with van der Waals surface area (Å²) < 4.78 is 12.2. The van der Waals surface area contributed by atoms with Gasteiger partial charge in [0.2, 0.25) is 6.29 Å². The molecule has 3 nitrogen and oxygen atoms in total. The minimum Gasteiger partial charge on any atom is -0.463 e. The first-order chi connectivity index (χ1) is 15.8. The number of rotatable bonds is 7. The van der Waals surface area contributed by atoms with Crippen LogP contribution in [0.4, 0.5) is 0 Å². The van der Waals surface area contributed by atoms with Gasteiger partial charge in [0.05, 0.1) is 6.54 Å². The van der Waals surface area contributed by atoms with Gasteiger partial charge in [0.15, 0.2) is 0 Å². The van der Waals surface area contributed by atoms with E-state index in [1.165, 1.54) is 54.4 Å². The van der Waals surface area contributed by atoms with Crippen molar-refractivity contribution in [3.63, 3.8) is 0 Å². The summed E-state index contributed by atoms with van der Waals surface area (Å²) in [6.07, 6.45) is 5.89. The minimum absolute atomic E-state index is 0.267. The zero-order valence-corrected chi connectivity index (χ0v) is 19.0. The first-order valence-electron chi connectivity index (χ1n) is 12.0. The molecule has 0 amide bonds. The van der Waals surface area contributed by atoms with Crippen LogP contribution >= 0.6 is 0 Å². The summed E-state index contributed by atoms with van der Waals surface area (Å²) in [4.78, 5) is 2.43. The van der Waals surface area contributed by atoms with E-state index in [4.69, 9.17) is 9.47 Å². The lowest BCUT2D eigenvalue weighted by Gasteiger charge is -2.28. The Bertz CT molecular complexity index is 1030. The van der Waals surface area contributed by atoms with Gasteiger partial charge < -0.3 is 9.47 Å². The summed E-state index contributed by atoms with van der Waals surface area (Å²) in [6.45, 7) is 3.08. The average Bonchev–Trinajstić information content (AvgIpc) is 3.37. The number of ether oxygens (including phenoxy) is 2. The van der Waals surface area contributed by atoms with Gasteiger partial charge in [-0.15, -0.1) is 0 Å². The third kappa shape index (κ3) is 4.60. The summed E-state index contributed by atoms with van der Waals surface area (Å²) in [5.41, 5.74) is 6.68. The van der Waals surface area contributed by atoms with Crippen molar-refractivity contribution in [2.45, 2.75) is 44.3 Å². The van der Waals surface area contributed by atoms with Gasteiger partial charge in [-0.1, -0.05) is 60.7 Å². The number of methoxy groups -OCH3 is 1. The van der Waals surface area contributed by atoms with Crippen molar-refractivity contribution in [2.75, 3.05) is 26.7 Å². The van der Waals surface area contributed by atoms with E-state index >= 15 is 0 Å². The Kier molecular flexibility index (Phi) is 6.56. The van der Waals surface area contributed by atoms with Crippen LogP contribution in [-0.2, 0) is 11.2 Å². The maximum atomic E-state index is 6.46. The molecule has 1 aliphatic heterocycles. The molecule has 166 valence electrons. The summed E-state index contributed by atoms with van der Waals surface area (Å²) in [5, 5.41) is 0. The summed E-state index contributed by atoms with van der Waals surface area (Å²) >= 11 is 0. The van der Waals surface area contributed by atoms with Gasteiger partial charge >= 0.3 is 0 Å². The molecule has 1 aliphatic carbocycles. The molecular weight excluding hydrogens is 394 g/mol. The fraction of sp³-hybridized carbons (Fsp3) is 0.379. The lowest BCUT2D eigenvalue weighted by molar-refractivity contribution is -0.0686. The molecule has 0 saturated carbocycles. The Morgan fingerprint density at radius 3 is 2.50 bits per heavy atom. The molecule has 0 radical (unpaired) electrons. The van der Waals surface area contributed by atoms with E-state index in [1.807, 2.05) is 0 Å². The number of benzene rings is 3. The van der Waals surface area contributed by atoms with Crippen molar-refractivity contribution in [2.24, 2.45) is 0 Å². The van der Waals surface area contributed by atoms with Crippen LogP contribution in [0.3, 0.4) is 0 Å². The van der Waals surface area contributed by atoms with Gasteiger partial charge in [0, 0.05) is 18.6 Å². The highest BCUT2D eigenvalue weighted by Gasteiger charge is 2.24. The fourth-order valence-electron chi connectivity index (χ4n) is 5.29. The minimum atomic E-state index is -0.267. The highest BCUT2D eigenvalue weighted by atomic mass is 16.7. The van der Waals surface area contributed by atoms with E-state index in [2.05, 4.69) is 77.7 Å². The number of fused-ring (bicyclic) bond motifs is 1. The van der Waals surface area contributed by atoms with Gasteiger partial charge in [-0.25, -0.2) is 0 Å². The van der Waals surface area contributed by atoms with Gasteiger partial charge in [-0.3, -0.25) is 4.90 Å². The maximum Gasteiger partial charge on any atom is 0.212 e. The van der Waals surface area contributed by atoms with Crippen molar-refractivity contribution in [3.05, 3.63) is 89.5 Å². The van der Waals surface area contributed by atoms with Crippen LogP contribution in [0, 0.1) is 0 Å². The zero-order valence-electron chi connectivity index (χ0n) is 19.0. The Hall–Kier alpha value is -2.62. The van der Waals surface area contributed by atoms with Gasteiger partial charge in [-0.05, 0) is 79.6 Å². The molecule has 1 heterocycles. The highest BCUT2D eigenvalue weighted by molar-refractivity contribution is 5.71. The second-order valence-electron chi connectivity index (χ2n) is 9.06. The van der Waals surface area contributed by atoms with Crippen molar-refractivity contribution >= 4 is 0 Å². The van der Waals surface area contributed by atoms with Gasteiger partial charge in [0.1, 0.15) is 5.75 Å². The molecule has 32 heavy (non-hydrogen) atoms. The molecule has 2 unspecified atom stereocenters. The number of hydrogen-bond acceptors (Lipinski definition) is 3. The highest BCUT2D eigenvalue weighted by Crippen LogP contribution is 2.40. The predicted molar refractivity (Wildman–Crippen MR) is 130 cm³/mol. The van der Waals surface area contributed by atoms with Crippen LogP contribution < -0.4 is 4.74 Å². The van der Waals surface area contributed by atoms with E-state index < -0.39 is 0 Å². The molecule has 0 spiro atoms. The predicted octanol–water partition coefficient (Wildman–Crippen LogP) is 6.27. The Morgan fingerprint density at radius 2 is 1.69 bits per heavy atom. The molecule has 2 atom stereocenters. The van der Waals surface area contributed by atoms with Crippen LogP contribution in [0.15, 0.2) is 72.8 Å². The monoisotopic (exact) mass is 427 g/mol. The fourth-order valence-corrected chi connectivity index (χ4v) is 5.29. The summed E-state index contributed by atoms with van der Waals surface area (Å²) in [6, 6.07) is 26.3. The zero-order chi connectivity index (χ0) is 21.8. The molecule has 0 N–H and O–H groups in total. The molecule has 3 aromatic carbocycles. The lowest BCUT2D eigenvalue weighted by atomic mass is 9.78. The van der Waals surface area contributed by atoms with Crippen LogP contribution in [0.25, 0.3) is 11.1 Å². The number of nitrogens with zero attached hydrogens (tertiary/aromatic N) is 1. The third-order valence-corrected chi connectivity index (χ3v) is 6.99. The van der Waals surface area contributed by atoms with Gasteiger partial charge in [-0.2, -0.15) is 0 Å². The normalized spacial score (nSPS) is 19.5. The Morgan fingerprint density at radius 1 is 0.906 bits per heavy atom. The standard InChI is InChI=1S/C29H33NO2/c1-31-29(21-30-18-7-8-19-30)32-28-17-16-24(20-27(28)23-10-3-2-4-11-23)26-15-9-13-22-12-5-6-14-25(22)26/h2-6,10-12,14,16-17,20,26,29H,7-9,13,15,18-19,21H2,1H3. The van der Waals surface area contributed by atoms with E-state index in [-0.39, 0.29) is 6.29 Å². The largest absolute Gasteiger partial charge is 0.463 e. The van der Waals surface area contributed by atoms with E-state index in [9.17, 15) is 0 Å². The molecule has 3 aromatic rings. The van der Waals surface area contributed by atoms with Crippen molar-refractivity contribution in [3.8, 4) is 16.9 Å². The molecule has 1 saturated heterocycles. The molecule has 0 aromatic heterocycles. The van der Waals surface area contributed by atoms with Crippen LogP contribution in [0.5, 0.6) is 5.75 Å². The second-order valence-corrected chi connectivity index (χ2v) is 9.06. The first-order valence-corrected chi connectivity index (χ1v) is 12.0. The van der Waals surface area contributed by atoms with Gasteiger partial charge in [0.25, 0.3) is 0 Å². The molecule has 2 aliphatic rings. The second kappa shape index (κ2) is 9.89. The van der Waals surface area contributed by atoms with Crippen LogP contribution in [0.1, 0.15) is 48.3 Å². The van der Waals surface area contributed by atoms with E-state index in [0.717, 1.165) is 30.9 Å². The summed E-state index contributed by atoms with van der Waals surface area (Å²) in [7, 11) is 1.75.